The number of nitrogens with zero attached hydrogens (tertiary/aromatic N) is 4. The zero-order valence-electron chi connectivity index (χ0n) is 15.7. The van der Waals surface area contributed by atoms with E-state index in [2.05, 4.69) is 20.8 Å². The number of amides is 2. The zero-order valence-corrected chi connectivity index (χ0v) is 15.7. The minimum atomic E-state index is -0.466. The van der Waals surface area contributed by atoms with Gasteiger partial charge in [0.05, 0.1) is 16.9 Å². The van der Waals surface area contributed by atoms with Crippen molar-refractivity contribution in [2.75, 3.05) is 10.6 Å². The fourth-order valence-electron chi connectivity index (χ4n) is 3.37. The molecule has 0 fully saturated rings. The third kappa shape index (κ3) is 3.60. The predicted octanol–water partition coefficient (Wildman–Crippen LogP) is 2.89. The molecular weight excluding hydrogens is 372 g/mol. The molecule has 0 saturated carbocycles. The van der Waals surface area contributed by atoms with Crippen molar-refractivity contribution in [3.8, 4) is 6.07 Å². The molecule has 1 aromatic carbocycles. The molecule has 0 bridgehead atoms. The van der Waals surface area contributed by atoms with Crippen LogP contribution in [-0.2, 0) is 13.0 Å². The quantitative estimate of drug-likeness (QED) is 0.705. The molecule has 0 spiro atoms. The number of aromatic nitrogens is 3. The maximum absolute atomic E-state index is 12.9. The van der Waals surface area contributed by atoms with Crippen LogP contribution in [0.3, 0.4) is 0 Å². The lowest BCUT2D eigenvalue weighted by atomic mass is 10.1. The number of para-hydroxylation sites is 1. The monoisotopic (exact) mass is 390 g/mol. The van der Waals surface area contributed by atoms with Crippen molar-refractivity contribution in [2.45, 2.75) is 32.7 Å². The number of benzene rings is 1. The Morgan fingerprint density at radius 3 is 2.79 bits per heavy atom. The highest BCUT2D eigenvalue weighted by Crippen LogP contribution is 2.23. The zero-order chi connectivity index (χ0) is 20.4. The Morgan fingerprint density at radius 2 is 2.03 bits per heavy atom. The highest BCUT2D eigenvalue weighted by atomic mass is 16.5. The van der Waals surface area contributed by atoms with E-state index in [-0.39, 0.29) is 11.5 Å². The van der Waals surface area contributed by atoms with Crippen LogP contribution >= 0.6 is 0 Å². The number of anilines is 2. The lowest BCUT2D eigenvalue weighted by Gasteiger charge is -2.17. The number of rotatable bonds is 4. The van der Waals surface area contributed by atoms with Gasteiger partial charge in [-0.1, -0.05) is 17.3 Å². The van der Waals surface area contributed by atoms with Crippen LogP contribution < -0.4 is 10.6 Å². The van der Waals surface area contributed by atoms with E-state index in [1.807, 2.05) is 6.07 Å². The summed E-state index contributed by atoms with van der Waals surface area (Å²) in [5.74, 6) is 0.101. The Hall–Kier alpha value is -3.93. The van der Waals surface area contributed by atoms with Gasteiger partial charge in [0.2, 0.25) is 0 Å². The molecule has 0 aliphatic carbocycles. The van der Waals surface area contributed by atoms with Crippen molar-refractivity contribution < 1.29 is 14.1 Å². The van der Waals surface area contributed by atoms with Gasteiger partial charge in [-0.2, -0.15) is 5.26 Å². The number of carbonyl (C=O) groups excluding carboxylic acids is 2. The summed E-state index contributed by atoms with van der Waals surface area (Å²) >= 11 is 0. The third-order valence-electron chi connectivity index (χ3n) is 4.70. The normalized spacial score (nSPS) is 12.7. The number of carbonyl (C=O) groups is 2. The molecule has 146 valence electrons. The lowest BCUT2D eigenvalue weighted by Crippen LogP contribution is -2.21. The van der Waals surface area contributed by atoms with E-state index < -0.39 is 11.8 Å². The number of hydrogen-bond acceptors (Lipinski definition) is 6. The van der Waals surface area contributed by atoms with Crippen LogP contribution in [0.2, 0.25) is 0 Å². The summed E-state index contributed by atoms with van der Waals surface area (Å²) in [7, 11) is 0. The third-order valence-corrected chi connectivity index (χ3v) is 4.70. The van der Waals surface area contributed by atoms with Crippen LogP contribution in [0.1, 0.15) is 51.0 Å². The fourth-order valence-corrected chi connectivity index (χ4v) is 3.37. The first-order chi connectivity index (χ1) is 14.1. The van der Waals surface area contributed by atoms with Crippen LogP contribution in [0, 0.1) is 18.3 Å². The van der Waals surface area contributed by atoms with E-state index in [1.54, 1.807) is 41.8 Å². The summed E-state index contributed by atoms with van der Waals surface area (Å²) < 4.78 is 6.74. The maximum Gasteiger partial charge on any atom is 0.291 e. The minimum Gasteiger partial charge on any atom is -0.360 e. The minimum absolute atomic E-state index is 0.147. The van der Waals surface area contributed by atoms with E-state index in [0.29, 0.717) is 41.5 Å². The van der Waals surface area contributed by atoms with Crippen molar-refractivity contribution in [2.24, 2.45) is 0 Å². The summed E-state index contributed by atoms with van der Waals surface area (Å²) in [4.78, 5) is 30.0. The molecule has 0 atom stereocenters. The van der Waals surface area contributed by atoms with Crippen LogP contribution in [0.15, 0.2) is 34.9 Å². The summed E-state index contributed by atoms with van der Waals surface area (Å²) in [6.07, 6.45) is 2.45. The number of aryl methyl sites for hydroxylation is 1. The van der Waals surface area contributed by atoms with Gasteiger partial charge in [0.1, 0.15) is 11.8 Å². The van der Waals surface area contributed by atoms with Crippen molar-refractivity contribution in [3.05, 3.63) is 58.9 Å². The molecule has 0 saturated heterocycles. The molecule has 9 nitrogen and oxygen atoms in total. The Bertz CT molecular complexity index is 1140. The first kappa shape index (κ1) is 18.4. The van der Waals surface area contributed by atoms with E-state index in [4.69, 9.17) is 4.52 Å². The second kappa shape index (κ2) is 7.59. The highest BCUT2D eigenvalue weighted by Gasteiger charge is 2.28. The summed E-state index contributed by atoms with van der Waals surface area (Å²) in [6.45, 7) is 2.32. The summed E-state index contributed by atoms with van der Waals surface area (Å²) in [5.41, 5.74) is 1.67. The van der Waals surface area contributed by atoms with Gasteiger partial charge in [0.15, 0.2) is 17.3 Å². The van der Waals surface area contributed by atoms with Gasteiger partial charge in [-0.25, -0.2) is 4.98 Å². The molecule has 2 amide bonds. The SMILES string of the molecule is Cc1cc(NC(=O)c2nc(C(=O)Nc3ccccc3C#N)n3c2CCCC3)no1. The van der Waals surface area contributed by atoms with Crippen molar-refractivity contribution in [1.82, 2.24) is 14.7 Å². The molecule has 29 heavy (non-hydrogen) atoms. The smallest absolute Gasteiger partial charge is 0.291 e. The standard InChI is InChI=1S/C20H18N6O3/c1-12-10-16(25-29-12)23-19(27)17-15-8-4-5-9-26(15)18(24-17)20(28)22-14-7-3-2-6-13(14)11-21/h2-3,6-7,10H,4-5,8-9H2,1H3,(H,22,28)(H,23,25,27). The lowest BCUT2D eigenvalue weighted by molar-refractivity contribution is 0.101. The molecule has 3 aromatic rings. The Morgan fingerprint density at radius 1 is 1.21 bits per heavy atom. The first-order valence-electron chi connectivity index (χ1n) is 9.21. The molecule has 2 N–H and O–H groups in total. The van der Waals surface area contributed by atoms with E-state index >= 15 is 0 Å². The Balaban J connectivity index is 1.65. The molecule has 1 aliphatic rings. The summed E-state index contributed by atoms with van der Waals surface area (Å²) in [5, 5.41) is 18.4. The first-order valence-corrected chi connectivity index (χ1v) is 9.21. The van der Waals surface area contributed by atoms with Crippen LogP contribution in [0.5, 0.6) is 0 Å². The molecule has 0 unspecified atom stereocenters. The molecule has 0 radical (unpaired) electrons. The second-order valence-corrected chi connectivity index (χ2v) is 6.73. The van der Waals surface area contributed by atoms with E-state index in [9.17, 15) is 14.9 Å². The van der Waals surface area contributed by atoms with Gasteiger partial charge in [0, 0.05) is 12.6 Å². The van der Waals surface area contributed by atoms with Crippen molar-refractivity contribution in [1.29, 1.82) is 5.26 Å². The van der Waals surface area contributed by atoms with E-state index in [0.717, 1.165) is 12.8 Å². The van der Waals surface area contributed by atoms with Crippen LogP contribution in [-0.4, -0.2) is 26.5 Å². The molecule has 4 rings (SSSR count). The largest absolute Gasteiger partial charge is 0.360 e. The van der Waals surface area contributed by atoms with Crippen LogP contribution in [0.25, 0.3) is 0 Å². The number of hydrogen-bond donors (Lipinski definition) is 2. The highest BCUT2D eigenvalue weighted by molar-refractivity contribution is 6.07. The van der Waals surface area contributed by atoms with E-state index in [1.165, 1.54) is 0 Å². The van der Waals surface area contributed by atoms with Gasteiger partial charge in [-0.15, -0.1) is 0 Å². The molecular formula is C20H18N6O3. The second-order valence-electron chi connectivity index (χ2n) is 6.73. The molecule has 9 heteroatoms. The Labute approximate surface area is 166 Å². The maximum atomic E-state index is 12.9. The fraction of sp³-hybridized carbons (Fsp3) is 0.250. The molecule has 3 heterocycles. The predicted molar refractivity (Wildman–Crippen MR) is 103 cm³/mol. The summed E-state index contributed by atoms with van der Waals surface area (Å²) in [6, 6.07) is 10.4. The number of nitrogens with one attached hydrogen (secondary N) is 2. The topological polar surface area (TPSA) is 126 Å². The molecule has 1 aliphatic heterocycles. The van der Waals surface area contributed by atoms with Gasteiger partial charge in [-0.3, -0.25) is 9.59 Å². The van der Waals surface area contributed by atoms with Gasteiger partial charge < -0.3 is 19.7 Å². The molecule has 2 aromatic heterocycles. The van der Waals surface area contributed by atoms with Crippen LogP contribution in [0.4, 0.5) is 11.5 Å². The van der Waals surface area contributed by atoms with Crippen molar-refractivity contribution in [3.63, 3.8) is 0 Å². The van der Waals surface area contributed by atoms with Gasteiger partial charge >= 0.3 is 0 Å². The number of imidazole rings is 1. The Kier molecular flexibility index (Phi) is 4.83. The van der Waals surface area contributed by atoms with Gasteiger partial charge in [0.25, 0.3) is 11.8 Å². The average Bonchev–Trinajstić information content (AvgIpc) is 3.32. The average molecular weight is 390 g/mol. The number of fused-ring (bicyclic) bond motifs is 1. The van der Waals surface area contributed by atoms with Crippen molar-refractivity contribution >= 4 is 23.3 Å². The van der Waals surface area contributed by atoms with Gasteiger partial charge in [-0.05, 0) is 38.3 Å². The number of nitriles is 1.